The third kappa shape index (κ3) is 3.65. The number of hydrogen-bond donors (Lipinski definition) is 0. The summed E-state index contributed by atoms with van der Waals surface area (Å²) in [6.45, 7) is 3.99. The van der Waals surface area contributed by atoms with Crippen molar-refractivity contribution in [1.29, 1.82) is 0 Å². The van der Waals surface area contributed by atoms with Crippen LogP contribution in [-0.2, 0) is 16.0 Å². The molecule has 3 rings (SSSR count). The Hall–Kier alpha value is -3.28. The van der Waals surface area contributed by atoms with E-state index in [2.05, 4.69) is 4.74 Å². The predicted octanol–water partition coefficient (Wildman–Crippen LogP) is 3.99. The van der Waals surface area contributed by atoms with Gasteiger partial charge < -0.3 is 18.6 Å². The van der Waals surface area contributed by atoms with Gasteiger partial charge in [0.05, 0.1) is 32.5 Å². The molecular formula is C21H20O6. The molecule has 6 heteroatoms. The molecule has 3 aromatic rings. The molecule has 0 N–H and O–H groups in total. The molecule has 0 spiro atoms. The molecule has 27 heavy (non-hydrogen) atoms. The number of carbonyl (C=O) groups excluding carboxylic acids is 2. The number of aryl methyl sites for hydroxylation is 2. The summed E-state index contributed by atoms with van der Waals surface area (Å²) in [6.07, 6.45) is 1.63. The Morgan fingerprint density at radius 2 is 1.81 bits per heavy atom. The molecular weight excluding hydrogens is 348 g/mol. The molecule has 0 aliphatic rings. The number of benzene rings is 2. The van der Waals surface area contributed by atoms with Gasteiger partial charge in [0.15, 0.2) is 11.5 Å². The summed E-state index contributed by atoms with van der Waals surface area (Å²) < 4.78 is 20.9. The van der Waals surface area contributed by atoms with Gasteiger partial charge in [0.2, 0.25) is 0 Å². The van der Waals surface area contributed by atoms with Crippen molar-refractivity contribution >= 4 is 22.9 Å². The van der Waals surface area contributed by atoms with E-state index in [-0.39, 0.29) is 17.9 Å². The van der Waals surface area contributed by atoms with Crippen LogP contribution in [0, 0.1) is 13.8 Å². The van der Waals surface area contributed by atoms with Crippen LogP contribution in [0.25, 0.3) is 11.0 Å². The maximum absolute atomic E-state index is 12.4. The smallest absolute Gasteiger partial charge is 0.337 e. The summed E-state index contributed by atoms with van der Waals surface area (Å²) >= 11 is 0. The zero-order valence-electron chi connectivity index (χ0n) is 15.6. The number of esters is 2. The Labute approximate surface area is 156 Å². The van der Waals surface area contributed by atoms with Crippen LogP contribution in [0.1, 0.15) is 27.0 Å². The molecule has 0 fully saturated rings. The van der Waals surface area contributed by atoms with Gasteiger partial charge in [0.1, 0.15) is 5.58 Å². The van der Waals surface area contributed by atoms with Gasteiger partial charge in [0.25, 0.3) is 0 Å². The number of fused-ring (bicyclic) bond motifs is 1. The van der Waals surface area contributed by atoms with Crippen molar-refractivity contribution in [3.8, 4) is 11.5 Å². The molecule has 140 valence electrons. The molecule has 0 unspecified atom stereocenters. The first kappa shape index (κ1) is 18.5. The summed E-state index contributed by atoms with van der Waals surface area (Å²) in [5, 5.41) is 0.892. The van der Waals surface area contributed by atoms with Crippen LogP contribution in [-0.4, -0.2) is 26.2 Å². The van der Waals surface area contributed by atoms with Gasteiger partial charge in [-0.2, -0.15) is 0 Å². The first-order chi connectivity index (χ1) is 12.9. The Balaban J connectivity index is 1.80. The quantitative estimate of drug-likeness (QED) is 0.501. The van der Waals surface area contributed by atoms with E-state index in [4.69, 9.17) is 13.9 Å². The molecule has 0 radical (unpaired) electrons. The summed E-state index contributed by atoms with van der Waals surface area (Å²) in [4.78, 5) is 24.0. The van der Waals surface area contributed by atoms with Crippen molar-refractivity contribution in [3.63, 3.8) is 0 Å². The van der Waals surface area contributed by atoms with Gasteiger partial charge in [0, 0.05) is 10.9 Å². The van der Waals surface area contributed by atoms with Crippen molar-refractivity contribution in [2.75, 3.05) is 14.2 Å². The molecule has 0 saturated heterocycles. The van der Waals surface area contributed by atoms with Crippen molar-refractivity contribution in [2.45, 2.75) is 20.3 Å². The minimum Gasteiger partial charge on any atom is -0.493 e. The van der Waals surface area contributed by atoms with Crippen LogP contribution >= 0.6 is 0 Å². The highest BCUT2D eigenvalue weighted by molar-refractivity contribution is 5.91. The van der Waals surface area contributed by atoms with Crippen LogP contribution in [0.15, 0.2) is 41.0 Å². The van der Waals surface area contributed by atoms with Crippen molar-refractivity contribution in [2.24, 2.45) is 0 Å². The first-order valence-corrected chi connectivity index (χ1v) is 8.38. The average molecular weight is 368 g/mol. The van der Waals surface area contributed by atoms with Crippen molar-refractivity contribution < 1.29 is 28.2 Å². The second kappa shape index (κ2) is 7.53. The second-order valence-corrected chi connectivity index (χ2v) is 6.15. The van der Waals surface area contributed by atoms with Gasteiger partial charge >= 0.3 is 11.9 Å². The van der Waals surface area contributed by atoms with Gasteiger partial charge in [-0.25, -0.2) is 4.79 Å². The Morgan fingerprint density at radius 3 is 2.52 bits per heavy atom. The van der Waals surface area contributed by atoms with E-state index in [0.29, 0.717) is 5.56 Å². The topological polar surface area (TPSA) is 75.0 Å². The highest BCUT2D eigenvalue weighted by Gasteiger charge is 2.17. The van der Waals surface area contributed by atoms with Gasteiger partial charge in [-0.15, -0.1) is 0 Å². The first-order valence-electron chi connectivity index (χ1n) is 8.38. The fourth-order valence-electron chi connectivity index (χ4n) is 2.84. The van der Waals surface area contributed by atoms with E-state index >= 15 is 0 Å². The minimum absolute atomic E-state index is 0.0530. The summed E-state index contributed by atoms with van der Waals surface area (Å²) in [6, 6.07) is 8.42. The number of rotatable bonds is 5. The predicted molar refractivity (Wildman–Crippen MR) is 99.4 cm³/mol. The zero-order chi connectivity index (χ0) is 19.6. The SMILES string of the molecule is COC(=O)c1ccc(OC(=O)Cc2coc3c(C)c(C)ccc23)c(OC)c1. The van der Waals surface area contributed by atoms with E-state index in [1.54, 1.807) is 6.26 Å². The summed E-state index contributed by atoms with van der Waals surface area (Å²) in [5.74, 6) is -0.452. The Kier molecular flexibility index (Phi) is 5.16. The highest BCUT2D eigenvalue weighted by atomic mass is 16.6. The second-order valence-electron chi connectivity index (χ2n) is 6.15. The molecule has 0 bridgehead atoms. The molecule has 0 atom stereocenters. The van der Waals surface area contributed by atoms with Gasteiger partial charge in [-0.05, 0) is 43.2 Å². The van der Waals surface area contributed by atoms with Gasteiger partial charge in [-0.3, -0.25) is 4.79 Å². The van der Waals surface area contributed by atoms with E-state index in [1.807, 2.05) is 26.0 Å². The minimum atomic E-state index is -0.498. The number of ether oxygens (including phenoxy) is 3. The molecule has 0 amide bonds. The number of hydrogen-bond acceptors (Lipinski definition) is 6. The summed E-state index contributed by atoms with van der Waals surface area (Å²) in [7, 11) is 2.73. The average Bonchev–Trinajstić information content (AvgIpc) is 3.07. The largest absolute Gasteiger partial charge is 0.493 e. The van der Waals surface area contributed by atoms with E-state index in [0.717, 1.165) is 27.7 Å². The van der Waals surface area contributed by atoms with E-state index in [1.165, 1.54) is 32.4 Å². The molecule has 0 aliphatic carbocycles. The Bertz CT molecular complexity index is 1010. The van der Waals surface area contributed by atoms with Crippen LogP contribution in [0.4, 0.5) is 0 Å². The van der Waals surface area contributed by atoms with Crippen LogP contribution in [0.5, 0.6) is 11.5 Å². The lowest BCUT2D eigenvalue weighted by Gasteiger charge is -2.10. The third-order valence-corrected chi connectivity index (χ3v) is 4.49. The normalized spacial score (nSPS) is 10.7. The fraction of sp³-hybridized carbons (Fsp3) is 0.238. The lowest BCUT2D eigenvalue weighted by Crippen LogP contribution is -2.12. The molecule has 1 aromatic heterocycles. The summed E-state index contributed by atoms with van der Waals surface area (Å²) in [5.41, 5.74) is 4.01. The van der Waals surface area contributed by atoms with Crippen molar-refractivity contribution in [1.82, 2.24) is 0 Å². The van der Waals surface area contributed by atoms with Gasteiger partial charge in [-0.1, -0.05) is 12.1 Å². The Morgan fingerprint density at radius 1 is 1.04 bits per heavy atom. The van der Waals surface area contributed by atoms with Crippen molar-refractivity contribution in [3.05, 3.63) is 58.8 Å². The maximum atomic E-state index is 12.4. The lowest BCUT2D eigenvalue weighted by atomic mass is 10.0. The monoisotopic (exact) mass is 368 g/mol. The molecule has 6 nitrogen and oxygen atoms in total. The van der Waals surface area contributed by atoms with Crippen LogP contribution in [0.3, 0.4) is 0 Å². The zero-order valence-corrected chi connectivity index (χ0v) is 15.6. The third-order valence-electron chi connectivity index (χ3n) is 4.49. The number of methoxy groups -OCH3 is 2. The van der Waals surface area contributed by atoms with E-state index < -0.39 is 11.9 Å². The standard InChI is InChI=1S/C21H20O6/c1-12-5-7-16-15(11-26-20(16)13(12)2)10-19(22)27-17-8-6-14(21(23)25-4)9-18(17)24-3/h5-9,11H,10H2,1-4H3. The molecule has 2 aromatic carbocycles. The van der Waals surface area contributed by atoms with E-state index in [9.17, 15) is 9.59 Å². The maximum Gasteiger partial charge on any atom is 0.337 e. The molecule has 0 aliphatic heterocycles. The molecule has 1 heterocycles. The highest BCUT2D eigenvalue weighted by Crippen LogP contribution is 2.30. The number of furan rings is 1. The lowest BCUT2D eigenvalue weighted by molar-refractivity contribution is -0.133. The fourth-order valence-corrected chi connectivity index (χ4v) is 2.84. The molecule has 0 saturated carbocycles. The number of carbonyl (C=O) groups is 2. The van der Waals surface area contributed by atoms with Crippen LogP contribution in [0.2, 0.25) is 0 Å². The van der Waals surface area contributed by atoms with Crippen LogP contribution < -0.4 is 9.47 Å².